The molecule has 13 heavy (non-hydrogen) atoms. The summed E-state index contributed by atoms with van der Waals surface area (Å²) in [4.78, 5) is 0. The highest BCUT2D eigenvalue weighted by Gasteiger charge is 2.16. The zero-order chi connectivity index (χ0) is 9.90. The second-order valence-electron chi connectivity index (χ2n) is 3.67. The zero-order valence-electron chi connectivity index (χ0n) is 8.30. The summed E-state index contributed by atoms with van der Waals surface area (Å²) in [5.41, 5.74) is -0.183. The monoisotopic (exact) mass is 182 g/mol. The van der Waals surface area contributed by atoms with Gasteiger partial charge in [-0.25, -0.2) is 4.39 Å². The topological polar surface area (TPSA) is 9.23 Å². The van der Waals surface area contributed by atoms with Crippen molar-refractivity contribution in [3.8, 4) is 5.75 Å². The third-order valence-corrected chi connectivity index (χ3v) is 2.06. The maximum atomic E-state index is 12.5. The predicted octanol–water partition coefficient (Wildman–Crippen LogP) is 3.39. The number of ether oxygens (including phenoxy) is 1. The maximum absolute atomic E-state index is 12.5. The van der Waals surface area contributed by atoms with Crippen molar-refractivity contribution in [2.24, 2.45) is 0 Å². The Morgan fingerprint density at radius 2 is 1.77 bits per heavy atom. The summed E-state index contributed by atoms with van der Waals surface area (Å²) in [6, 6.07) is 6.10. The van der Waals surface area contributed by atoms with Crippen molar-refractivity contribution < 1.29 is 9.13 Å². The largest absolute Gasteiger partial charge is 0.488 e. The third-order valence-electron chi connectivity index (χ3n) is 2.06. The second kappa shape index (κ2) is 3.77. The Balaban J connectivity index is 2.69. The third kappa shape index (κ3) is 3.05. The van der Waals surface area contributed by atoms with E-state index in [1.165, 1.54) is 12.1 Å². The van der Waals surface area contributed by atoms with E-state index >= 15 is 0 Å². The highest BCUT2D eigenvalue weighted by atomic mass is 19.1. The number of benzene rings is 1. The van der Waals surface area contributed by atoms with Crippen LogP contribution in [0.3, 0.4) is 0 Å². The number of hydrogen-bond donors (Lipinski definition) is 0. The van der Waals surface area contributed by atoms with E-state index in [-0.39, 0.29) is 11.4 Å². The summed E-state index contributed by atoms with van der Waals surface area (Å²) >= 11 is 0. The van der Waals surface area contributed by atoms with E-state index in [9.17, 15) is 4.39 Å². The van der Waals surface area contributed by atoms with E-state index in [2.05, 4.69) is 6.92 Å². The summed E-state index contributed by atoms with van der Waals surface area (Å²) in [5.74, 6) is 0.481. The van der Waals surface area contributed by atoms with Crippen molar-refractivity contribution >= 4 is 0 Å². The van der Waals surface area contributed by atoms with Gasteiger partial charge >= 0.3 is 0 Å². The first-order valence-electron chi connectivity index (χ1n) is 4.48. The molecular formula is C11H15FO. The Morgan fingerprint density at radius 3 is 2.23 bits per heavy atom. The van der Waals surface area contributed by atoms with E-state index in [1.807, 2.05) is 13.8 Å². The average molecular weight is 182 g/mol. The minimum atomic E-state index is -0.235. The molecule has 0 heterocycles. The van der Waals surface area contributed by atoms with Gasteiger partial charge in [-0.05, 0) is 44.5 Å². The highest BCUT2D eigenvalue weighted by Crippen LogP contribution is 2.20. The van der Waals surface area contributed by atoms with Crippen molar-refractivity contribution in [2.45, 2.75) is 32.8 Å². The summed E-state index contributed by atoms with van der Waals surface area (Å²) in [5, 5.41) is 0. The molecule has 0 spiro atoms. The molecule has 0 atom stereocenters. The van der Waals surface area contributed by atoms with Crippen LogP contribution in [0.4, 0.5) is 4.39 Å². The van der Waals surface area contributed by atoms with E-state index in [1.54, 1.807) is 12.1 Å². The lowest BCUT2D eigenvalue weighted by atomic mass is 10.1. The van der Waals surface area contributed by atoms with Crippen LogP contribution in [0.25, 0.3) is 0 Å². The first-order chi connectivity index (χ1) is 6.03. The van der Waals surface area contributed by atoms with Gasteiger partial charge in [-0.2, -0.15) is 0 Å². The van der Waals surface area contributed by atoms with Crippen LogP contribution in [0.2, 0.25) is 0 Å². The van der Waals surface area contributed by atoms with Crippen LogP contribution in [0.15, 0.2) is 24.3 Å². The highest BCUT2D eigenvalue weighted by molar-refractivity contribution is 5.22. The molecule has 0 saturated heterocycles. The first-order valence-corrected chi connectivity index (χ1v) is 4.48. The standard InChI is InChI=1S/C11H15FO/c1-4-11(2,3)13-10-7-5-9(12)6-8-10/h5-8H,4H2,1-3H3. The lowest BCUT2D eigenvalue weighted by molar-refractivity contribution is 0.105. The van der Waals surface area contributed by atoms with E-state index in [0.29, 0.717) is 5.75 Å². The van der Waals surface area contributed by atoms with E-state index in [0.717, 1.165) is 6.42 Å². The quantitative estimate of drug-likeness (QED) is 0.696. The lowest BCUT2D eigenvalue weighted by Crippen LogP contribution is -2.26. The summed E-state index contributed by atoms with van der Waals surface area (Å²) in [6.07, 6.45) is 0.921. The van der Waals surface area contributed by atoms with Crippen molar-refractivity contribution in [3.05, 3.63) is 30.1 Å². The normalized spacial score (nSPS) is 11.4. The Labute approximate surface area is 78.5 Å². The van der Waals surface area contributed by atoms with Crippen LogP contribution in [-0.2, 0) is 0 Å². The summed E-state index contributed by atoms with van der Waals surface area (Å²) in [6.45, 7) is 6.08. The molecular weight excluding hydrogens is 167 g/mol. The molecule has 1 nitrogen and oxygen atoms in total. The van der Waals surface area contributed by atoms with Crippen LogP contribution in [0, 0.1) is 5.82 Å². The van der Waals surface area contributed by atoms with Crippen molar-refractivity contribution in [1.29, 1.82) is 0 Å². The molecule has 0 N–H and O–H groups in total. The Morgan fingerprint density at radius 1 is 1.23 bits per heavy atom. The lowest BCUT2D eigenvalue weighted by Gasteiger charge is -2.24. The summed E-state index contributed by atoms with van der Waals surface area (Å²) in [7, 11) is 0. The fourth-order valence-corrected chi connectivity index (χ4v) is 0.894. The molecule has 0 radical (unpaired) electrons. The molecule has 0 saturated carbocycles. The summed E-state index contributed by atoms with van der Waals surface area (Å²) < 4.78 is 18.2. The van der Waals surface area contributed by atoms with Gasteiger partial charge in [-0.1, -0.05) is 6.92 Å². The Hall–Kier alpha value is -1.05. The SMILES string of the molecule is CCC(C)(C)Oc1ccc(F)cc1. The molecule has 0 fully saturated rings. The molecule has 1 aromatic carbocycles. The number of halogens is 1. The van der Waals surface area contributed by atoms with Crippen LogP contribution >= 0.6 is 0 Å². The molecule has 0 amide bonds. The van der Waals surface area contributed by atoms with Crippen molar-refractivity contribution in [2.75, 3.05) is 0 Å². The predicted molar refractivity (Wildman–Crippen MR) is 51.4 cm³/mol. The van der Waals surface area contributed by atoms with Gasteiger partial charge in [0.2, 0.25) is 0 Å². The molecule has 0 bridgehead atoms. The van der Waals surface area contributed by atoms with Crippen molar-refractivity contribution in [3.63, 3.8) is 0 Å². The first kappa shape index (κ1) is 10.0. The minimum absolute atomic E-state index is 0.183. The fraction of sp³-hybridized carbons (Fsp3) is 0.455. The smallest absolute Gasteiger partial charge is 0.123 e. The minimum Gasteiger partial charge on any atom is -0.488 e. The fourth-order valence-electron chi connectivity index (χ4n) is 0.894. The average Bonchev–Trinajstić information content (AvgIpc) is 2.09. The van der Waals surface area contributed by atoms with Gasteiger partial charge in [0, 0.05) is 0 Å². The number of hydrogen-bond acceptors (Lipinski definition) is 1. The van der Waals surface area contributed by atoms with Gasteiger partial charge in [0.15, 0.2) is 0 Å². The van der Waals surface area contributed by atoms with Crippen molar-refractivity contribution in [1.82, 2.24) is 0 Å². The van der Waals surface area contributed by atoms with E-state index < -0.39 is 0 Å². The molecule has 1 rings (SSSR count). The molecule has 1 aromatic rings. The van der Waals surface area contributed by atoms with Gasteiger partial charge in [-0.3, -0.25) is 0 Å². The number of rotatable bonds is 3. The Kier molecular flexibility index (Phi) is 2.91. The molecule has 0 unspecified atom stereocenters. The van der Waals surface area contributed by atoms with Crippen LogP contribution in [0.5, 0.6) is 5.75 Å². The Bertz CT molecular complexity index is 264. The van der Waals surface area contributed by atoms with Gasteiger partial charge in [0.1, 0.15) is 17.2 Å². The van der Waals surface area contributed by atoms with Gasteiger partial charge < -0.3 is 4.74 Å². The molecule has 2 heteroatoms. The molecule has 72 valence electrons. The van der Waals surface area contributed by atoms with Gasteiger partial charge in [-0.15, -0.1) is 0 Å². The molecule has 0 aliphatic rings. The van der Waals surface area contributed by atoms with E-state index in [4.69, 9.17) is 4.74 Å². The van der Waals surface area contributed by atoms with Gasteiger partial charge in [0.25, 0.3) is 0 Å². The zero-order valence-corrected chi connectivity index (χ0v) is 8.30. The van der Waals surface area contributed by atoms with Gasteiger partial charge in [0.05, 0.1) is 0 Å². The molecule has 0 aliphatic carbocycles. The van der Waals surface area contributed by atoms with Crippen LogP contribution in [0.1, 0.15) is 27.2 Å². The molecule has 0 aliphatic heterocycles. The van der Waals surface area contributed by atoms with Crippen LogP contribution in [-0.4, -0.2) is 5.60 Å². The van der Waals surface area contributed by atoms with Crippen LogP contribution < -0.4 is 4.74 Å². The maximum Gasteiger partial charge on any atom is 0.123 e. The molecule has 0 aromatic heterocycles. The second-order valence-corrected chi connectivity index (χ2v) is 3.67.